The van der Waals surface area contributed by atoms with E-state index in [0.29, 0.717) is 13.0 Å². The zero-order valence-corrected chi connectivity index (χ0v) is 5.79. The Bertz CT molecular complexity index is 159. The molecule has 1 aliphatic heterocycles. The maximum Gasteiger partial charge on any atom is 0.326 e. The second-order valence-electron chi connectivity index (χ2n) is 2.74. The largest absolute Gasteiger partial charge is 0.480 e. The predicted molar refractivity (Wildman–Crippen MR) is 34.7 cm³/mol. The summed E-state index contributed by atoms with van der Waals surface area (Å²) >= 11 is 0. The highest BCUT2D eigenvalue weighted by atomic mass is 16.4. The van der Waals surface area contributed by atoms with E-state index in [1.807, 2.05) is 0 Å². The number of rotatable bonds is 1. The molecule has 1 saturated heterocycles. The van der Waals surface area contributed by atoms with Crippen molar-refractivity contribution >= 4 is 5.97 Å². The van der Waals surface area contributed by atoms with Crippen LogP contribution in [0.1, 0.15) is 13.3 Å². The highest BCUT2D eigenvalue weighted by molar-refractivity contribution is 5.79. The van der Waals surface area contributed by atoms with E-state index in [4.69, 9.17) is 5.11 Å². The lowest BCUT2D eigenvalue weighted by Gasteiger charge is -2.22. The Kier molecular flexibility index (Phi) is 1.66. The minimum absolute atomic E-state index is 0.517. The summed E-state index contributed by atoms with van der Waals surface area (Å²) in [7, 11) is 0. The SMILES string of the molecule is C[C@]1(C(=O)O)NCCC1O. The van der Waals surface area contributed by atoms with Crippen molar-refractivity contribution in [1.29, 1.82) is 0 Å². The van der Waals surface area contributed by atoms with Gasteiger partial charge in [0.2, 0.25) is 0 Å². The summed E-state index contributed by atoms with van der Waals surface area (Å²) < 4.78 is 0. The van der Waals surface area contributed by atoms with E-state index in [2.05, 4.69) is 5.32 Å². The molecule has 1 fully saturated rings. The van der Waals surface area contributed by atoms with Gasteiger partial charge in [-0.1, -0.05) is 0 Å². The highest BCUT2D eigenvalue weighted by Gasteiger charge is 2.44. The number of hydrogen-bond acceptors (Lipinski definition) is 3. The molecule has 1 unspecified atom stereocenters. The van der Waals surface area contributed by atoms with Crippen molar-refractivity contribution in [3.05, 3.63) is 0 Å². The number of aliphatic hydroxyl groups is 1. The van der Waals surface area contributed by atoms with Gasteiger partial charge in [0.15, 0.2) is 0 Å². The van der Waals surface area contributed by atoms with Gasteiger partial charge in [-0.05, 0) is 19.9 Å². The molecule has 1 rings (SSSR count). The third kappa shape index (κ3) is 0.892. The van der Waals surface area contributed by atoms with Gasteiger partial charge in [0.25, 0.3) is 0 Å². The normalized spacial score (nSPS) is 40.0. The smallest absolute Gasteiger partial charge is 0.326 e. The van der Waals surface area contributed by atoms with E-state index in [-0.39, 0.29) is 0 Å². The minimum atomic E-state index is -1.12. The molecule has 4 nitrogen and oxygen atoms in total. The molecule has 0 amide bonds. The Morgan fingerprint density at radius 1 is 1.80 bits per heavy atom. The van der Waals surface area contributed by atoms with Gasteiger partial charge < -0.3 is 10.2 Å². The van der Waals surface area contributed by atoms with E-state index < -0.39 is 17.6 Å². The first-order valence-electron chi connectivity index (χ1n) is 3.24. The zero-order chi connectivity index (χ0) is 7.78. The van der Waals surface area contributed by atoms with Crippen LogP contribution in [0.5, 0.6) is 0 Å². The van der Waals surface area contributed by atoms with Gasteiger partial charge in [-0.25, -0.2) is 0 Å². The number of carboxylic acid groups (broad SMARTS) is 1. The van der Waals surface area contributed by atoms with E-state index in [9.17, 15) is 9.90 Å². The summed E-state index contributed by atoms with van der Waals surface area (Å²) in [5.41, 5.74) is -1.12. The Morgan fingerprint density at radius 3 is 2.60 bits per heavy atom. The van der Waals surface area contributed by atoms with E-state index in [1.165, 1.54) is 6.92 Å². The molecule has 0 aromatic rings. The fourth-order valence-corrected chi connectivity index (χ4v) is 1.09. The molecule has 0 bridgehead atoms. The fraction of sp³-hybridized carbons (Fsp3) is 0.833. The van der Waals surface area contributed by atoms with Crippen LogP contribution in [-0.2, 0) is 4.79 Å². The monoisotopic (exact) mass is 145 g/mol. The van der Waals surface area contributed by atoms with Gasteiger partial charge in [0.05, 0.1) is 6.10 Å². The average molecular weight is 145 g/mol. The molecule has 0 aromatic carbocycles. The quantitative estimate of drug-likeness (QED) is 0.451. The Morgan fingerprint density at radius 2 is 2.40 bits per heavy atom. The third-order valence-electron chi connectivity index (χ3n) is 2.02. The van der Waals surface area contributed by atoms with Crippen molar-refractivity contribution in [2.24, 2.45) is 0 Å². The van der Waals surface area contributed by atoms with Crippen molar-refractivity contribution in [3.8, 4) is 0 Å². The minimum Gasteiger partial charge on any atom is -0.480 e. The molecule has 3 N–H and O–H groups in total. The average Bonchev–Trinajstić information content (AvgIpc) is 2.15. The molecule has 0 saturated carbocycles. The van der Waals surface area contributed by atoms with Crippen LogP contribution < -0.4 is 5.32 Å². The van der Waals surface area contributed by atoms with Crippen LogP contribution in [0, 0.1) is 0 Å². The number of aliphatic hydroxyl groups excluding tert-OH is 1. The molecule has 1 aliphatic rings. The summed E-state index contributed by atoms with van der Waals surface area (Å²) in [6.07, 6.45) is -0.243. The third-order valence-corrected chi connectivity index (χ3v) is 2.02. The molecule has 4 heteroatoms. The number of nitrogens with one attached hydrogen (secondary N) is 1. The van der Waals surface area contributed by atoms with Gasteiger partial charge in [-0.3, -0.25) is 10.1 Å². The van der Waals surface area contributed by atoms with Crippen molar-refractivity contribution < 1.29 is 15.0 Å². The second-order valence-corrected chi connectivity index (χ2v) is 2.74. The lowest BCUT2D eigenvalue weighted by molar-refractivity contribution is -0.147. The summed E-state index contributed by atoms with van der Waals surface area (Å²) in [6.45, 7) is 2.07. The van der Waals surface area contributed by atoms with Gasteiger partial charge in [0, 0.05) is 0 Å². The molecular formula is C6H11NO3. The van der Waals surface area contributed by atoms with Crippen molar-refractivity contribution in [2.75, 3.05) is 6.54 Å². The first kappa shape index (κ1) is 7.50. The van der Waals surface area contributed by atoms with Crippen LogP contribution in [-0.4, -0.2) is 34.4 Å². The number of aliphatic carboxylic acids is 1. The first-order valence-corrected chi connectivity index (χ1v) is 3.24. The van der Waals surface area contributed by atoms with Crippen LogP contribution in [0.25, 0.3) is 0 Å². The number of hydrogen-bond donors (Lipinski definition) is 3. The first-order chi connectivity index (χ1) is 4.57. The van der Waals surface area contributed by atoms with Crippen LogP contribution in [0.15, 0.2) is 0 Å². The fourth-order valence-electron chi connectivity index (χ4n) is 1.09. The van der Waals surface area contributed by atoms with Crippen molar-refractivity contribution in [3.63, 3.8) is 0 Å². The zero-order valence-electron chi connectivity index (χ0n) is 5.79. The summed E-state index contributed by atoms with van der Waals surface area (Å²) in [6, 6.07) is 0. The highest BCUT2D eigenvalue weighted by Crippen LogP contribution is 2.18. The van der Waals surface area contributed by atoms with E-state index in [1.54, 1.807) is 0 Å². The van der Waals surface area contributed by atoms with Crippen LogP contribution in [0.2, 0.25) is 0 Å². The van der Waals surface area contributed by atoms with Crippen molar-refractivity contribution in [1.82, 2.24) is 5.32 Å². The Balaban J connectivity index is 2.75. The van der Waals surface area contributed by atoms with E-state index in [0.717, 1.165) is 0 Å². The molecular weight excluding hydrogens is 134 g/mol. The summed E-state index contributed by atoms with van der Waals surface area (Å²) in [4.78, 5) is 10.5. The van der Waals surface area contributed by atoms with E-state index >= 15 is 0 Å². The van der Waals surface area contributed by atoms with Crippen LogP contribution >= 0.6 is 0 Å². The molecule has 1 heterocycles. The maximum absolute atomic E-state index is 10.5. The predicted octanol–water partition coefficient (Wildman–Crippen LogP) is -0.816. The number of carbonyl (C=O) groups is 1. The summed E-state index contributed by atoms with van der Waals surface area (Å²) in [5.74, 6) is -0.988. The lowest BCUT2D eigenvalue weighted by Crippen LogP contribution is -2.51. The molecule has 0 radical (unpaired) electrons. The molecule has 58 valence electrons. The van der Waals surface area contributed by atoms with Gasteiger partial charge in [-0.15, -0.1) is 0 Å². The van der Waals surface area contributed by atoms with Gasteiger partial charge >= 0.3 is 5.97 Å². The Hall–Kier alpha value is -0.610. The standard InChI is InChI=1S/C6H11NO3/c1-6(5(9)10)4(8)2-3-7-6/h4,7-8H,2-3H2,1H3,(H,9,10)/t4?,6-/m0/s1. The second kappa shape index (κ2) is 2.21. The molecule has 0 aromatic heterocycles. The lowest BCUT2D eigenvalue weighted by atomic mass is 9.98. The van der Waals surface area contributed by atoms with Crippen LogP contribution in [0.3, 0.4) is 0 Å². The van der Waals surface area contributed by atoms with Crippen molar-refractivity contribution in [2.45, 2.75) is 25.0 Å². The molecule has 10 heavy (non-hydrogen) atoms. The Labute approximate surface area is 58.9 Å². The molecule has 0 aliphatic carbocycles. The van der Waals surface area contributed by atoms with Crippen LogP contribution in [0.4, 0.5) is 0 Å². The molecule has 2 atom stereocenters. The topological polar surface area (TPSA) is 69.6 Å². The maximum atomic E-state index is 10.5. The molecule has 0 spiro atoms. The van der Waals surface area contributed by atoms with Gasteiger partial charge in [-0.2, -0.15) is 0 Å². The summed E-state index contributed by atoms with van der Waals surface area (Å²) in [5, 5.41) is 20.5. The number of carboxylic acids is 1. The van der Waals surface area contributed by atoms with Gasteiger partial charge in [0.1, 0.15) is 5.54 Å².